The number of nitrogens with zero attached hydrogens (tertiary/aromatic N) is 2. The van der Waals surface area contributed by atoms with E-state index in [0.29, 0.717) is 0 Å². The molecule has 5 aromatic rings. The van der Waals surface area contributed by atoms with Crippen molar-refractivity contribution in [2.75, 3.05) is 14.1 Å². The summed E-state index contributed by atoms with van der Waals surface area (Å²) in [5, 5.41) is 8.20. The van der Waals surface area contributed by atoms with Gasteiger partial charge in [-0.3, -0.25) is 4.99 Å². The predicted octanol–water partition coefficient (Wildman–Crippen LogP) is 9.05. The van der Waals surface area contributed by atoms with Crippen LogP contribution in [0.5, 0.6) is 0 Å². The van der Waals surface area contributed by atoms with Crippen molar-refractivity contribution in [1.82, 2.24) is 4.58 Å². The fraction of sp³-hybridized carbons (Fsp3) is 0.389. The Morgan fingerprint density at radius 2 is 1.49 bits per heavy atom. The van der Waals surface area contributed by atoms with Gasteiger partial charge in [0.2, 0.25) is 5.36 Å². The molecule has 1 heterocycles. The first-order valence-electron chi connectivity index (χ1n) is 14.0. The molecule has 0 spiro atoms. The molecule has 0 fully saturated rings. The Morgan fingerprint density at radius 3 is 2.10 bits per heavy atom. The summed E-state index contributed by atoms with van der Waals surface area (Å²) in [4.78, 5) is 4.61. The molecule has 0 saturated carbocycles. The molecule has 39 heavy (non-hydrogen) atoms. The molecule has 0 N–H and O–H groups in total. The van der Waals surface area contributed by atoms with Crippen LogP contribution in [-0.4, -0.2) is 20.8 Å². The fourth-order valence-electron chi connectivity index (χ4n) is 6.26. The van der Waals surface area contributed by atoms with Gasteiger partial charge >= 0.3 is 0 Å². The second kappa shape index (κ2) is 9.33. The molecule has 5 rings (SSSR count). The van der Waals surface area contributed by atoms with Crippen LogP contribution in [-0.2, 0) is 12.8 Å². The maximum atomic E-state index is 7.00. The summed E-state index contributed by atoms with van der Waals surface area (Å²) in [5.74, 6) is 0. The molecule has 0 aliphatic carbocycles. The minimum Gasteiger partial charge on any atom is -0.455 e. The van der Waals surface area contributed by atoms with Crippen molar-refractivity contribution in [3.8, 4) is 0 Å². The average Bonchev–Trinajstić information content (AvgIpc) is 2.82. The largest absolute Gasteiger partial charge is 0.455 e. The van der Waals surface area contributed by atoms with Crippen LogP contribution in [0.3, 0.4) is 0 Å². The van der Waals surface area contributed by atoms with Crippen molar-refractivity contribution in [2.45, 2.75) is 68.2 Å². The SMILES string of the molecule is C=Nc1c2cccc(C)c2cc2oc3c(CC(C)(C)C)c4ccc(CC(C)(C)C)cc4c(C)c3c(=[N+](C)C)c12. The molecule has 0 bridgehead atoms. The van der Waals surface area contributed by atoms with Crippen molar-refractivity contribution >= 4 is 55.9 Å². The Bertz CT molecular complexity index is 1870. The Kier molecular flexibility index (Phi) is 6.49. The van der Waals surface area contributed by atoms with E-state index >= 15 is 0 Å². The molecule has 0 aliphatic rings. The van der Waals surface area contributed by atoms with Gasteiger partial charge in [0, 0.05) is 10.9 Å². The van der Waals surface area contributed by atoms with E-state index in [9.17, 15) is 0 Å². The van der Waals surface area contributed by atoms with Crippen LogP contribution >= 0.6 is 0 Å². The number of fused-ring (bicyclic) bond motifs is 4. The molecular formula is C36H43N2O+. The zero-order valence-electron chi connectivity index (χ0n) is 25.5. The first-order valence-corrected chi connectivity index (χ1v) is 14.0. The average molecular weight is 520 g/mol. The highest BCUT2D eigenvalue weighted by atomic mass is 16.3. The summed E-state index contributed by atoms with van der Waals surface area (Å²) in [6.45, 7) is 22.3. The van der Waals surface area contributed by atoms with Gasteiger partial charge in [0.15, 0.2) is 0 Å². The third kappa shape index (κ3) is 4.77. The maximum Gasteiger partial charge on any atom is 0.224 e. The molecule has 202 valence electrons. The number of rotatable bonds is 3. The predicted molar refractivity (Wildman–Crippen MR) is 171 cm³/mol. The minimum atomic E-state index is 0.0930. The van der Waals surface area contributed by atoms with E-state index in [1.807, 2.05) is 0 Å². The monoisotopic (exact) mass is 519 g/mol. The zero-order valence-corrected chi connectivity index (χ0v) is 25.5. The maximum absolute atomic E-state index is 7.00. The van der Waals surface area contributed by atoms with Crippen LogP contribution in [0.2, 0.25) is 0 Å². The van der Waals surface area contributed by atoms with Gasteiger partial charge in [-0.15, -0.1) is 0 Å². The highest BCUT2D eigenvalue weighted by molar-refractivity contribution is 6.13. The lowest BCUT2D eigenvalue weighted by molar-refractivity contribution is 0.411. The second-order valence-electron chi connectivity index (χ2n) is 13.9. The van der Waals surface area contributed by atoms with Crippen molar-refractivity contribution in [2.24, 2.45) is 15.8 Å². The van der Waals surface area contributed by atoms with Crippen molar-refractivity contribution in [3.63, 3.8) is 0 Å². The summed E-state index contributed by atoms with van der Waals surface area (Å²) in [6, 6.07) is 15.7. The lowest BCUT2D eigenvalue weighted by Crippen LogP contribution is -2.25. The van der Waals surface area contributed by atoms with Crippen LogP contribution in [0.25, 0.3) is 43.5 Å². The van der Waals surface area contributed by atoms with E-state index in [4.69, 9.17) is 4.42 Å². The zero-order chi connectivity index (χ0) is 28.4. The summed E-state index contributed by atoms with van der Waals surface area (Å²) in [5.41, 5.74) is 8.15. The van der Waals surface area contributed by atoms with Crippen LogP contribution in [0, 0.1) is 24.7 Å². The normalized spacial score (nSPS) is 12.7. The Morgan fingerprint density at radius 1 is 0.795 bits per heavy atom. The van der Waals surface area contributed by atoms with Gasteiger partial charge < -0.3 is 4.42 Å². The van der Waals surface area contributed by atoms with E-state index in [-0.39, 0.29) is 10.8 Å². The smallest absolute Gasteiger partial charge is 0.224 e. The van der Waals surface area contributed by atoms with Crippen LogP contribution in [0.1, 0.15) is 63.8 Å². The topological polar surface area (TPSA) is 28.5 Å². The van der Waals surface area contributed by atoms with Gasteiger partial charge in [0.25, 0.3) is 0 Å². The van der Waals surface area contributed by atoms with Crippen LogP contribution < -0.4 is 9.93 Å². The molecule has 3 heteroatoms. The number of aliphatic imine (C=N–C) groups is 1. The molecule has 4 aromatic carbocycles. The highest BCUT2D eigenvalue weighted by Crippen LogP contribution is 2.41. The van der Waals surface area contributed by atoms with Crippen molar-refractivity contribution < 1.29 is 4.42 Å². The molecule has 0 aliphatic heterocycles. The Labute approximate surface area is 232 Å². The van der Waals surface area contributed by atoms with Gasteiger partial charge in [-0.25, -0.2) is 4.58 Å². The van der Waals surface area contributed by atoms with Crippen LogP contribution in [0.4, 0.5) is 5.69 Å². The Hall–Kier alpha value is -3.46. The summed E-state index contributed by atoms with van der Waals surface area (Å²) in [6.07, 6.45) is 1.95. The molecule has 0 amide bonds. The van der Waals surface area contributed by atoms with Gasteiger partial charge in [-0.2, -0.15) is 0 Å². The van der Waals surface area contributed by atoms with E-state index in [1.54, 1.807) is 0 Å². The molecule has 0 atom stereocenters. The summed E-state index contributed by atoms with van der Waals surface area (Å²) < 4.78 is 9.24. The van der Waals surface area contributed by atoms with Crippen molar-refractivity contribution in [3.05, 3.63) is 70.1 Å². The molecule has 0 saturated heterocycles. The molecule has 3 nitrogen and oxygen atoms in total. The first-order chi connectivity index (χ1) is 18.2. The van der Waals surface area contributed by atoms with Crippen molar-refractivity contribution in [1.29, 1.82) is 0 Å². The number of aryl methyl sites for hydroxylation is 2. The number of benzene rings is 4. The van der Waals surface area contributed by atoms with Gasteiger partial charge in [-0.1, -0.05) is 77.9 Å². The molecule has 1 aromatic heterocycles. The van der Waals surface area contributed by atoms with Crippen LogP contribution in [0.15, 0.2) is 51.9 Å². The summed E-state index contributed by atoms with van der Waals surface area (Å²) in [7, 11) is 4.26. The Balaban J connectivity index is 2.09. The van der Waals surface area contributed by atoms with Gasteiger partial charge in [-0.05, 0) is 83.2 Å². The third-order valence-corrected chi connectivity index (χ3v) is 7.76. The first kappa shape index (κ1) is 27.1. The van der Waals surface area contributed by atoms with E-state index in [0.717, 1.165) is 51.2 Å². The highest BCUT2D eigenvalue weighted by Gasteiger charge is 2.26. The minimum absolute atomic E-state index is 0.0930. The quantitative estimate of drug-likeness (QED) is 0.133. The summed E-state index contributed by atoms with van der Waals surface area (Å²) >= 11 is 0. The lowest BCUT2D eigenvalue weighted by Gasteiger charge is -2.23. The number of hydrogen-bond acceptors (Lipinski definition) is 2. The van der Waals surface area contributed by atoms with E-state index < -0.39 is 0 Å². The fourth-order valence-corrected chi connectivity index (χ4v) is 6.26. The van der Waals surface area contributed by atoms with Gasteiger partial charge in [0.1, 0.15) is 30.6 Å². The van der Waals surface area contributed by atoms with E-state index in [1.165, 1.54) is 38.4 Å². The molecular weight excluding hydrogens is 476 g/mol. The lowest BCUT2D eigenvalue weighted by atomic mass is 9.82. The molecule has 0 radical (unpaired) electrons. The third-order valence-electron chi connectivity index (χ3n) is 7.76. The second-order valence-corrected chi connectivity index (χ2v) is 13.9. The standard InChI is InChI=1S/C36H43N2O/c1-21-13-12-14-25-26(21)18-29-31(32(25)37-9)33(38(10)11)30-22(2)27-17-23(19-35(3,4)5)15-16-24(27)28(34(30)39-29)20-36(6,7)8/h12-18H,9,19-20H2,1-8,10-11H3/q+1. The van der Waals surface area contributed by atoms with E-state index in [2.05, 4.69) is 128 Å². The number of hydrogen-bond donors (Lipinski definition) is 0. The van der Waals surface area contributed by atoms with Gasteiger partial charge in [0.05, 0.1) is 11.1 Å². The molecule has 0 unspecified atom stereocenters.